The zero-order valence-corrected chi connectivity index (χ0v) is 66.0. The molecule has 548 valence electrons. The van der Waals surface area contributed by atoms with Crippen LogP contribution >= 0.6 is 0 Å². The normalized spacial score (nSPS) is 24.6. The Morgan fingerprint density at radius 3 is 1.03 bits per heavy atom. The van der Waals surface area contributed by atoms with E-state index in [1.165, 1.54) is 283 Å². The SMILES string of the molecule is C=Cc1ccc(C23CC4CC(C2)CC(c2cc(C)c(-c5ccc6c(c5)C(CCCCCC)(CCCCCC)c5ccccc5-6)cc2C)(C4)C3)cc1.C=Cc1ccc(C23CC4CC(C2)CC(c2ccc(-c5ccc(-c6ccc7c(c6)C(CCCCCC)(CCCCCC)c6ccccc6-7)cc5)cc2)(C4)C3)cc1. The molecule has 10 aliphatic rings. The van der Waals surface area contributed by atoms with Gasteiger partial charge in [-0.2, -0.15) is 0 Å². The minimum atomic E-state index is 0.123. The summed E-state index contributed by atoms with van der Waals surface area (Å²) in [4.78, 5) is 0. The molecule has 8 fully saturated rings. The van der Waals surface area contributed by atoms with Gasteiger partial charge >= 0.3 is 0 Å². The number of rotatable bonds is 29. The second kappa shape index (κ2) is 30.5. The van der Waals surface area contributed by atoms with E-state index in [1.807, 2.05) is 12.2 Å². The first kappa shape index (κ1) is 72.6. The van der Waals surface area contributed by atoms with Crippen LogP contribution in [0.2, 0.25) is 0 Å². The van der Waals surface area contributed by atoms with E-state index in [0.717, 1.165) is 23.7 Å². The first-order valence-corrected chi connectivity index (χ1v) is 43.1. The van der Waals surface area contributed by atoms with Crippen molar-refractivity contribution in [1.82, 2.24) is 0 Å². The lowest BCUT2D eigenvalue weighted by molar-refractivity contribution is -0.0284. The Kier molecular flexibility index (Phi) is 20.9. The fourth-order valence-corrected chi connectivity index (χ4v) is 25.4. The summed E-state index contributed by atoms with van der Waals surface area (Å²) in [6.07, 6.45) is 46.6. The van der Waals surface area contributed by atoms with Crippen molar-refractivity contribution in [2.45, 2.75) is 279 Å². The lowest BCUT2D eigenvalue weighted by Crippen LogP contribution is -2.56. The van der Waals surface area contributed by atoms with Crippen LogP contribution in [0.1, 0.15) is 300 Å². The second-order valence-corrected chi connectivity index (χ2v) is 36.4. The highest BCUT2D eigenvalue weighted by molar-refractivity contribution is 5.86. The van der Waals surface area contributed by atoms with Crippen LogP contribution in [0, 0.1) is 37.5 Å². The minimum absolute atomic E-state index is 0.123. The van der Waals surface area contributed by atoms with Crippen LogP contribution in [0.15, 0.2) is 207 Å². The third kappa shape index (κ3) is 13.4. The fraction of sp³-hybridized carbons (Fsp3) is 0.453. The molecule has 0 saturated heterocycles. The van der Waals surface area contributed by atoms with Crippen molar-refractivity contribution in [3.63, 3.8) is 0 Å². The summed E-state index contributed by atoms with van der Waals surface area (Å²) in [5, 5.41) is 0. The van der Waals surface area contributed by atoms with Gasteiger partial charge in [-0.15, -0.1) is 0 Å². The van der Waals surface area contributed by atoms with Gasteiger partial charge in [-0.1, -0.05) is 338 Å². The summed E-state index contributed by atoms with van der Waals surface area (Å²) in [6.45, 7) is 22.2. The first-order valence-electron chi connectivity index (χ1n) is 43.1. The molecule has 0 aromatic heterocycles. The molecule has 8 saturated carbocycles. The minimum Gasteiger partial charge on any atom is -0.0985 e. The van der Waals surface area contributed by atoms with Gasteiger partial charge in [0.2, 0.25) is 0 Å². The smallest absolute Gasteiger partial charge is 0.0215 e. The van der Waals surface area contributed by atoms with E-state index in [4.69, 9.17) is 0 Å². The molecule has 0 nitrogen and oxygen atoms in total. The summed E-state index contributed by atoms with van der Waals surface area (Å²) in [5.74, 6) is 3.41. The van der Waals surface area contributed by atoms with Gasteiger partial charge in [0, 0.05) is 10.8 Å². The molecule has 8 bridgehead atoms. The van der Waals surface area contributed by atoms with Crippen LogP contribution in [0.4, 0.5) is 0 Å². The van der Waals surface area contributed by atoms with E-state index >= 15 is 0 Å². The van der Waals surface area contributed by atoms with Gasteiger partial charge in [-0.25, -0.2) is 0 Å². The molecular formula is C106H124. The predicted octanol–water partition coefficient (Wildman–Crippen LogP) is 30.3. The van der Waals surface area contributed by atoms with Gasteiger partial charge in [-0.3, -0.25) is 0 Å². The van der Waals surface area contributed by atoms with Gasteiger partial charge in [0.25, 0.3) is 0 Å². The zero-order valence-electron chi connectivity index (χ0n) is 66.0. The topological polar surface area (TPSA) is 0 Å². The molecule has 0 heterocycles. The maximum Gasteiger partial charge on any atom is 0.0215 e. The Hall–Kier alpha value is -7.54. The number of aryl methyl sites for hydroxylation is 2. The van der Waals surface area contributed by atoms with Crippen molar-refractivity contribution in [2.75, 3.05) is 0 Å². The molecule has 0 radical (unpaired) electrons. The van der Waals surface area contributed by atoms with E-state index in [0.29, 0.717) is 21.7 Å². The van der Waals surface area contributed by atoms with Gasteiger partial charge in [-0.05, 0) is 296 Å². The summed E-state index contributed by atoms with van der Waals surface area (Å²) < 4.78 is 0. The molecule has 0 N–H and O–H groups in total. The van der Waals surface area contributed by atoms with E-state index in [2.05, 4.69) is 249 Å². The molecule has 4 atom stereocenters. The van der Waals surface area contributed by atoms with Crippen LogP contribution in [-0.2, 0) is 32.5 Å². The Balaban J connectivity index is 0.000000163. The monoisotopic (exact) mass is 1400 g/mol. The first-order chi connectivity index (χ1) is 51.8. The zero-order chi connectivity index (χ0) is 72.7. The van der Waals surface area contributed by atoms with Crippen molar-refractivity contribution in [1.29, 1.82) is 0 Å². The number of hydrogen-bond acceptors (Lipinski definition) is 0. The van der Waals surface area contributed by atoms with Crippen molar-refractivity contribution < 1.29 is 0 Å². The maximum absolute atomic E-state index is 4.02. The van der Waals surface area contributed by atoms with Gasteiger partial charge in [0.1, 0.15) is 0 Å². The Labute approximate surface area is 640 Å². The van der Waals surface area contributed by atoms with E-state index in [-0.39, 0.29) is 10.8 Å². The third-order valence-electron chi connectivity index (χ3n) is 29.5. The van der Waals surface area contributed by atoms with Crippen LogP contribution in [0.25, 0.3) is 67.8 Å². The Morgan fingerprint density at radius 2 is 0.623 bits per heavy atom. The van der Waals surface area contributed by atoms with E-state index in [9.17, 15) is 0 Å². The van der Waals surface area contributed by atoms with Gasteiger partial charge in [0.15, 0.2) is 0 Å². The summed E-state index contributed by atoms with van der Waals surface area (Å²) in [5.41, 5.74) is 33.9. The quantitative estimate of drug-likeness (QED) is 0.0410. The van der Waals surface area contributed by atoms with E-state index < -0.39 is 0 Å². The average Bonchev–Trinajstić information content (AvgIpc) is 1.27. The lowest BCUT2D eigenvalue weighted by Gasteiger charge is -2.63. The average molecular weight is 1400 g/mol. The fourth-order valence-electron chi connectivity index (χ4n) is 25.4. The summed E-state index contributed by atoms with van der Waals surface area (Å²) in [7, 11) is 0. The maximum atomic E-state index is 4.02. The third-order valence-corrected chi connectivity index (χ3v) is 29.5. The molecular weight excluding hydrogens is 1270 g/mol. The highest BCUT2D eigenvalue weighted by atomic mass is 14.6. The van der Waals surface area contributed by atoms with Crippen molar-refractivity contribution in [3.05, 3.63) is 274 Å². The number of unbranched alkanes of at least 4 members (excludes halogenated alkanes) is 12. The largest absolute Gasteiger partial charge is 0.0985 e. The molecule has 0 aliphatic heterocycles. The predicted molar refractivity (Wildman–Crippen MR) is 455 cm³/mol. The highest BCUT2D eigenvalue weighted by Crippen LogP contribution is 2.69. The highest BCUT2D eigenvalue weighted by Gasteiger charge is 2.60. The van der Waals surface area contributed by atoms with Gasteiger partial charge < -0.3 is 0 Å². The Bertz CT molecular complexity index is 4530. The van der Waals surface area contributed by atoms with Crippen LogP contribution in [0.3, 0.4) is 0 Å². The molecule has 0 heteroatoms. The standard InChI is InChI=1S/C55H62.C51H62/c1-4-7-9-13-31-55(32-14-10-8-5-2)51-16-12-11-15-49(51)50-30-25-46(34-52(50)55)45-21-19-43(20-22-45)44-23-28-48(29-24-44)54-37-41-33-42(38-54)36-53(35-41,39-54)47-26-17-40(6-3)18-27-47;1-6-9-11-15-25-51(26-16-12-10-7-2)46-18-14-13-17-43(46)44-24-21-41(30-48(44)51)45-27-37(5)47(28-36(45)4)50-33-39-29-40(34-50)32-49(31-39,35-50)42-22-19-38(8-3)20-23-42/h6,11-12,15-30,34,41-42H,3-5,7-10,13-14,31-33,35-39H2,1-2H3;8,13-14,17-24,27-28,30,39-40H,3,6-7,9-12,15-16,25-26,29,31-35H2,1-2,4-5H3. The number of hydrogen-bond donors (Lipinski definition) is 0. The van der Waals surface area contributed by atoms with Crippen LogP contribution in [-0.4, -0.2) is 0 Å². The number of benzene rings is 9. The van der Waals surface area contributed by atoms with E-state index in [1.54, 1.807) is 44.5 Å². The van der Waals surface area contributed by atoms with Crippen LogP contribution in [0.5, 0.6) is 0 Å². The molecule has 0 amide bonds. The van der Waals surface area contributed by atoms with Crippen LogP contribution < -0.4 is 0 Å². The molecule has 19 rings (SSSR count). The molecule has 9 aromatic rings. The van der Waals surface area contributed by atoms with Crippen molar-refractivity contribution in [2.24, 2.45) is 23.7 Å². The molecule has 10 aliphatic carbocycles. The van der Waals surface area contributed by atoms with Gasteiger partial charge in [0.05, 0.1) is 0 Å². The second-order valence-electron chi connectivity index (χ2n) is 36.4. The lowest BCUT2D eigenvalue weighted by atomic mass is 9.41. The van der Waals surface area contributed by atoms with Crippen molar-refractivity contribution in [3.8, 4) is 55.6 Å². The molecule has 0 spiro atoms. The molecule has 9 aromatic carbocycles. The number of fused-ring (bicyclic) bond motifs is 6. The molecule has 106 heavy (non-hydrogen) atoms. The summed E-state index contributed by atoms with van der Waals surface area (Å²) >= 11 is 0. The summed E-state index contributed by atoms with van der Waals surface area (Å²) in [6, 6.07) is 77.3. The van der Waals surface area contributed by atoms with Crippen molar-refractivity contribution >= 4 is 12.2 Å². The molecule has 4 unspecified atom stereocenters. The Morgan fingerprint density at radius 1 is 0.292 bits per heavy atom.